The van der Waals surface area contributed by atoms with Crippen molar-refractivity contribution in [2.45, 2.75) is 50.7 Å². The van der Waals surface area contributed by atoms with Crippen LogP contribution in [0.1, 0.15) is 56.1 Å². The summed E-state index contributed by atoms with van der Waals surface area (Å²) in [6, 6.07) is 10.6. The van der Waals surface area contributed by atoms with Gasteiger partial charge in [-0.15, -0.1) is 0 Å². The molecule has 0 spiro atoms. The highest BCUT2D eigenvalue weighted by atomic mass is 35.5. The molecule has 1 saturated heterocycles. The number of hydrogen-bond acceptors (Lipinski definition) is 7. The Bertz CT molecular complexity index is 1880. The number of hydrogen-bond donors (Lipinski definition) is 1. The molecule has 3 aromatic heterocycles. The first-order valence-corrected chi connectivity index (χ1v) is 14.8. The molecule has 1 N–H and O–H groups in total. The predicted molar refractivity (Wildman–Crippen MR) is 155 cm³/mol. The molecule has 9 nitrogen and oxygen atoms in total. The summed E-state index contributed by atoms with van der Waals surface area (Å²) in [6.45, 7) is 3.18. The van der Waals surface area contributed by atoms with Gasteiger partial charge in [0, 0.05) is 34.9 Å². The van der Waals surface area contributed by atoms with Gasteiger partial charge in [0.25, 0.3) is 12.4 Å². The molecule has 224 valence electrons. The number of aliphatic carboxylic acids is 1. The predicted octanol–water partition coefficient (Wildman–Crippen LogP) is 7.59. The van der Waals surface area contributed by atoms with Crippen molar-refractivity contribution < 1.29 is 32.6 Å². The molecule has 7 rings (SSSR count). The normalized spacial score (nSPS) is 24.5. The number of fused-ring (bicyclic) bond motifs is 4. The number of nitrogens with zero attached hydrogens (tertiary/aromatic N) is 4. The van der Waals surface area contributed by atoms with E-state index in [1.165, 1.54) is 0 Å². The topological polar surface area (TPSA) is 112 Å². The lowest BCUT2D eigenvalue weighted by atomic mass is 9.92. The third kappa shape index (κ3) is 4.87. The zero-order chi connectivity index (χ0) is 30.0. The highest BCUT2D eigenvalue weighted by Gasteiger charge is 2.44. The van der Waals surface area contributed by atoms with E-state index >= 15 is 0 Å². The van der Waals surface area contributed by atoms with Gasteiger partial charge in [0.1, 0.15) is 17.2 Å². The molecule has 0 radical (unpaired) electrons. The molecular formula is C30H26Cl2F2N4O5. The number of benzene rings is 2. The summed E-state index contributed by atoms with van der Waals surface area (Å²) in [5, 5.41) is 11.6. The zero-order valence-corrected chi connectivity index (χ0v) is 24.4. The first-order valence-electron chi connectivity index (χ1n) is 14.0. The molecule has 0 bridgehead atoms. The molecule has 4 heterocycles. The standard InChI is InChI=1S/C30H26Cl2F2N4O5/c1-13-12-41-7-6-21(13)38-25-19(32)8-14(31)9-20(25)35-30(38)42-15-10-17(18(11-15)29(39)40)24-26-23(36-28(37-24)27(33)34)16-4-2-3-5-22(16)43-26/h2-5,8-9,13,15,17-18,21,27H,6-7,10-12H2,1H3,(H,39,40)/t13-,15+,17?,18+,21-/m0/s1. The summed E-state index contributed by atoms with van der Waals surface area (Å²) < 4.78 is 48.1. The summed E-state index contributed by atoms with van der Waals surface area (Å²) in [4.78, 5) is 25.5. The quantitative estimate of drug-likeness (QED) is 0.204. The van der Waals surface area contributed by atoms with Crippen LogP contribution in [0.5, 0.6) is 6.01 Å². The molecule has 5 atom stereocenters. The van der Waals surface area contributed by atoms with E-state index in [4.69, 9.17) is 42.1 Å². The third-order valence-corrected chi connectivity index (χ3v) is 9.02. The largest absolute Gasteiger partial charge is 0.481 e. The van der Waals surface area contributed by atoms with Gasteiger partial charge in [-0.2, -0.15) is 4.98 Å². The molecule has 2 fully saturated rings. The number of aromatic nitrogens is 4. The van der Waals surface area contributed by atoms with Crippen LogP contribution in [0.4, 0.5) is 8.78 Å². The molecule has 1 unspecified atom stereocenters. The van der Waals surface area contributed by atoms with Crippen LogP contribution < -0.4 is 4.74 Å². The second-order valence-electron chi connectivity index (χ2n) is 11.2. The van der Waals surface area contributed by atoms with Gasteiger partial charge in [0.15, 0.2) is 11.4 Å². The maximum Gasteiger partial charge on any atom is 0.307 e. The van der Waals surface area contributed by atoms with Gasteiger partial charge in [-0.3, -0.25) is 9.36 Å². The average Bonchev–Trinajstić information content (AvgIpc) is 3.66. The number of para-hydroxylation sites is 1. The van der Waals surface area contributed by atoms with Crippen molar-refractivity contribution in [2.75, 3.05) is 13.2 Å². The van der Waals surface area contributed by atoms with Crippen LogP contribution in [0.3, 0.4) is 0 Å². The van der Waals surface area contributed by atoms with E-state index in [1.54, 1.807) is 36.4 Å². The fraction of sp³-hybridized carbons (Fsp3) is 0.400. The Balaban J connectivity index is 1.31. The molecule has 1 saturated carbocycles. The van der Waals surface area contributed by atoms with Crippen LogP contribution in [0, 0.1) is 11.8 Å². The van der Waals surface area contributed by atoms with E-state index in [0.29, 0.717) is 51.7 Å². The smallest absolute Gasteiger partial charge is 0.307 e. The van der Waals surface area contributed by atoms with Crippen LogP contribution in [0.2, 0.25) is 10.0 Å². The van der Waals surface area contributed by atoms with Crippen molar-refractivity contribution in [1.29, 1.82) is 0 Å². The first-order chi connectivity index (χ1) is 20.7. The van der Waals surface area contributed by atoms with E-state index in [2.05, 4.69) is 16.9 Å². The third-order valence-electron chi connectivity index (χ3n) is 8.52. The molecule has 0 amide bonds. The van der Waals surface area contributed by atoms with Gasteiger partial charge < -0.3 is 19.0 Å². The number of halogens is 4. The number of furan rings is 1. The first kappa shape index (κ1) is 28.2. The summed E-state index contributed by atoms with van der Waals surface area (Å²) >= 11 is 13.0. The van der Waals surface area contributed by atoms with Gasteiger partial charge in [-0.25, -0.2) is 18.7 Å². The van der Waals surface area contributed by atoms with Crippen molar-refractivity contribution in [1.82, 2.24) is 19.5 Å². The van der Waals surface area contributed by atoms with Crippen molar-refractivity contribution in [3.63, 3.8) is 0 Å². The van der Waals surface area contributed by atoms with Crippen LogP contribution in [-0.4, -0.2) is 49.9 Å². The fourth-order valence-corrected chi connectivity index (χ4v) is 7.14. The zero-order valence-electron chi connectivity index (χ0n) is 22.8. The number of ether oxygens (including phenoxy) is 2. The molecule has 1 aliphatic carbocycles. The van der Waals surface area contributed by atoms with Crippen LogP contribution in [0.25, 0.3) is 33.1 Å². The van der Waals surface area contributed by atoms with Gasteiger partial charge in [-0.1, -0.05) is 42.3 Å². The summed E-state index contributed by atoms with van der Waals surface area (Å²) in [5.74, 6) is -3.38. The van der Waals surface area contributed by atoms with Crippen molar-refractivity contribution in [3.8, 4) is 6.01 Å². The molecular weight excluding hydrogens is 605 g/mol. The van der Waals surface area contributed by atoms with Crippen molar-refractivity contribution in [3.05, 3.63) is 58.0 Å². The number of imidazole rings is 1. The van der Waals surface area contributed by atoms with E-state index in [-0.39, 0.29) is 47.6 Å². The monoisotopic (exact) mass is 630 g/mol. The van der Waals surface area contributed by atoms with E-state index in [1.807, 2.05) is 4.57 Å². The highest BCUT2D eigenvalue weighted by molar-refractivity contribution is 6.38. The minimum absolute atomic E-state index is 0.0365. The number of carbonyl (C=O) groups is 1. The number of alkyl halides is 2. The second kappa shape index (κ2) is 10.9. The van der Waals surface area contributed by atoms with E-state index in [9.17, 15) is 18.7 Å². The SMILES string of the molecule is C[C@H]1COCC[C@@H]1n1c(O[C@@H]2CC(c3nc(C(F)F)nc4c3oc3ccccc34)[C@H](C(=O)O)C2)nc2cc(Cl)cc(Cl)c21. The van der Waals surface area contributed by atoms with Crippen LogP contribution in [-0.2, 0) is 9.53 Å². The minimum atomic E-state index is -2.95. The Kier molecular flexibility index (Phi) is 7.14. The Labute approximate surface area is 253 Å². The Morgan fingerprint density at radius 2 is 1.98 bits per heavy atom. The van der Waals surface area contributed by atoms with Gasteiger partial charge in [-0.05, 0) is 43.5 Å². The van der Waals surface area contributed by atoms with E-state index < -0.39 is 36.2 Å². The summed E-state index contributed by atoms with van der Waals surface area (Å²) in [5.41, 5.74) is 2.24. The van der Waals surface area contributed by atoms with Gasteiger partial charge in [0.2, 0.25) is 0 Å². The minimum Gasteiger partial charge on any atom is -0.481 e. The van der Waals surface area contributed by atoms with Crippen LogP contribution >= 0.6 is 23.2 Å². The van der Waals surface area contributed by atoms with E-state index in [0.717, 1.165) is 0 Å². The lowest BCUT2D eigenvalue weighted by Crippen LogP contribution is -2.29. The molecule has 2 aromatic carbocycles. The highest BCUT2D eigenvalue weighted by Crippen LogP contribution is 2.46. The molecule has 13 heteroatoms. The Hall–Kier alpha value is -3.54. The maximum absolute atomic E-state index is 14.0. The molecule has 43 heavy (non-hydrogen) atoms. The Morgan fingerprint density at radius 3 is 2.74 bits per heavy atom. The number of carboxylic acids is 1. The van der Waals surface area contributed by atoms with Gasteiger partial charge in [0.05, 0.1) is 34.3 Å². The average molecular weight is 631 g/mol. The molecule has 5 aromatic rings. The van der Waals surface area contributed by atoms with Crippen LogP contribution in [0.15, 0.2) is 40.8 Å². The Morgan fingerprint density at radius 1 is 1.16 bits per heavy atom. The lowest BCUT2D eigenvalue weighted by Gasteiger charge is -2.31. The number of rotatable bonds is 6. The summed E-state index contributed by atoms with van der Waals surface area (Å²) in [7, 11) is 0. The maximum atomic E-state index is 14.0. The van der Waals surface area contributed by atoms with Crippen molar-refractivity contribution >= 4 is 62.3 Å². The second-order valence-corrected chi connectivity index (χ2v) is 12.1. The molecule has 2 aliphatic rings. The number of carboxylic acid groups (broad SMARTS) is 1. The summed E-state index contributed by atoms with van der Waals surface area (Å²) in [6.07, 6.45) is -2.57. The molecule has 1 aliphatic heterocycles. The fourth-order valence-electron chi connectivity index (χ4n) is 6.56. The van der Waals surface area contributed by atoms with Gasteiger partial charge >= 0.3 is 5.97 Å². The lowest BCUT2D eigenvalue weighted by molar-refractivity contribution is -0.142. The van der Waals surface area contributed by atoms with Crippen molar-refractivity contribution in [2.24, 2.45) is 11.8 Å².